The number of carbonyl (C=O) groups excluding carboxylic acids is 1. The van der Waals surface area contributed by atoms with Gasteiger partial charge in [-0.15, -0.1) is 0 Å². The highest BCUT2D eigenvalue weighted by Gasteiger charge is 2.25. The fraction of sp³-hybridized carbons (Fsp3) is 0.370. The molecular weight excluding hydrogens is 384 g/mol. The Bertz CT molecular complexity index is 997. The van der Waals surface area contributed by atoms with Gasteiger partial charge in [0.15, 0.2) is 0 Å². The molecule has 3 aromatic rings. The maximum Gasteiger partial charge on any atom is 0.257 e. The monoisotopic (exact) mass is 416 g/mol. The van der Waals surface area contributed by atoms with Crippen LogP contribution >= 0.6 is 0 Å². The number of rotatable bonds is 9. The Hall–Kier alpha value is -2.85. The van der Waals surface area contributed by atoms with Gasteiger partial charge in [-0.1, -0.05) is 67.4 Å². The molecule has 1 amide bonds. The van der Waals surface area contributed by atoms with Crippen LogP contribution in [0.2, 0.25) is 0 Å². The molecule has 1 aliphatic rings. The molecule has 0 heterocycles. The standard InChI is InChI=1S/C27H32N2O2/c28-15-8-16-29(19-21-9-4-5-10-21)27(30)25-17-23-13-6-7-14-24(23)18-26(25)31-20-22-11-2-1-3-12-22/h1-3,6-7,11-14,17-18,21H,4-5,8-10,15-16,19-20,28H2. The van der Waals surface area contributed by atoms with Crippen LogP contribution in [0.3, 0.4) is 0 Å². The molecule has 4 heteroatoms. The molecule has 0 aromatic heterocycles. The molecule has 2 N–H and O–H groups in total. The highest BCUT2D eigenvalue weighted by atomic mass is 16.5. The van der Waals surface area contributed by atoms with E-state index in [1.807, 2.05) is 65.6 Å². The van der Waals surface area contributed by atoms with Crippen LogP contribution < -0.4 is 10.5 Å². The number of amides is 1. The molecule has 0 atom stereocenters. The van der Waals surface area contributed by atoms with Crippen molar-refractivity contribution >= 4 is 16.7 Å². The first-order valence-corrected chi connectivity index (χ1v) is 11.4. The van der Waals surface area contributed by atoms with Gasteiger partial charge in [-0.2, -0.15) is 0 Å². The Morgan fingerprint density at radius 2 is 1.65 bits per heavy atom. The normalized spacial score (nSPS) is 14.1. The van der Waals surface area contributed by atoms with Crippen LogP contribution in [0.1, 0.15) is 48.0 Å². The van der Waals surface area contributed by atoms with E-state index in [0.717, 1.165) is 29.3 Å². The molecule has 4 rings (SSSR count). The van der Waals surface area contributed by atoms with Gasteiger partial charge in [0, 0.05) is 13.1 Å². The summed E-state index contributed by atoms with van der Waals surface area (Å²) in [6.07, 6.45) is 5.77. The van der Waals surface area contributed by atoms with Gasteiger partial charge in [0.1, 0.15) is 12.4 Å². The molecule has 0 unspecified atom stereocenters. The predicted molar refractivity (Wildman–Crippen MR) is 126 cm³/mol. The number of fused-ring (bicyclic) bond motifs is 1. The summed E-state index contributed by atoms with van der Waals surface area (Å²) in [6, 6.07) is 22.2. The zero-order valence-corrected chi connectivity index (χ0v) is 18.1. The van der Waals surface area contributed by atoms with Crippen LogP contribution in [0.25, 0.3) is 10.8 Å². The fourth-order valence-electron chi connectivity index (χ4n) is 4.47. The van der Waals surface area contributed by atoms with Gasteiger partial charge in [-0.25, -0.2) is 0 Å². The second-order valence-corrected chi connectivity index (χ2v) is 8.51. The second-order valence-electron chi connectivity index (χ2n) is 8.51. The van der Waals surface area contributed by atoms with Crippen molar-refractivity contribution < 1.29 is 9.53 Å². The summed E-state index contributed by atoms with van der Waals surface area (Å²) in [5.74, 6) is 1.29. The topological polar surface area (TPSA) is 55.6 Å². The molecule has 0 saturated heterocycles. The van der Waals surface area contributed by atoms with E-state index in [2.05, 4.69) is 6.07 Å². The van der Waals surface area contributed by atoms with Gasteiger partial charge >= 0.3 is 0 Å². The number of benzene rings is 3. The predicted octanol–water partition coefficient (Wildman–Crippen LogP) is 5.40. The lowest BCUT2D eigenvalue weighted by Crippen LogP contribution is -2.36. The van der Waals surface area contributed by atoms with Gasteiger partial charge in [-0.3, -0.25) is 4.79 Å². The quantitative estimate of drug-likeness (QED) is 0.508. The average Bonchev–Trinajstić information content (AvgIpc) is 3.33. The molecule has 1 aliphatic carbocycles. The van der Waals surface area contributed by atoms with Crippen molar-refractivity contribution in [2.24, 2.45) is 11.7 Å². The summed E-state index contributed by atoms with van der Waals surface area (Å²) in [5, 5.41) is 2.13. The van der Waals surface area contributed by atoms with Crippen molar-refractivity contribution in [2.45, 2.75) is 38.7 Å². The largest absolute Gasteiger partial charge is 0.488 e. The van der Waals surface area contributed by atoms with E-state index in [1.54, 1.807) is 0 Å². The molecule has 3 aromatic carbocycles. The third-order valence-corrected chi connectivity index (χ3v) is 6.19. The lowest BCUT2D eigenvalue weighted by molar-refractivity contribution is 0.0723. The first-order valence-electron chi connectivity index (χ1n) is 11.4. The lowest BCUT2D eigenvalue weighted by atomic mass is 10.0. The van der Waals surface area contributed by atoms with Crippen LogP contribution in [-0.4, -0.2) is 30.4 Å². The highest BCUT2D eigenvalue weighted by Crippen LogP contribution is 2.30. The average molecular weight is 417 g/mol. The number of carbonyl (C=O) groups is 1. The summed E-state index contributed by atoms with van der Waals surface area (Å²) in [5.41, 5.74) is 7.50. The maximum absolute atomic E-state index is 13.7. The van der Waals surface area contributed by atoms with E-state index in [1.165, 1.54) is 25.7 Å². The van der Waals surface area contributed by atoms with Gasteiger partial charge in [0.25, 0.3) is 5.91 Å². The minimum Gasteiger partial charge on any atom is -0.488 e. The SMILES string of the molecule is NCCCN(CC1CCCC1)C(=O)c1cc2ccccc2cc1OCc1ccccc1. The summed E-state index contributed by atoms with van der Waals surface area (Å²) in [6.45, 7) is 2.52. The van der Waals surface area contributed by atoms with Crippen LogP contribution in [0, 0.1) is 5.92 Å². The molecule has 31 heavy (non-hydrogen) atoms. The molecule has 0 spiro atoms. The fourth-order valence-corrected chi connectivity index (χ4v) is 4.47. The summed E-state index contributed by atoms with van der Waals surface area (Å²) in [7, 11) is 0. The third kappa shape index (κ3) is 5.45. The molecule has 0 bridgehead atoms. The molecule has 0 aliphatic heterocycles. The number of nitrogens with zero attached hydrogens (tertiary/aromatic N) is 1. The Labute approximate surface area is 185 Å². The number of hydrogen-bond donors (Lipinski definition) is 1. The van der Waals surface area contributed by atoms with Crippen molar-refractivity contribution in [3.05, 3.63) is 77.9 Å². The molecule has 0 radical (unpaired) electrons. The summed E-state index contributed by atoms with van der Waals surface area (Å²) >= 11 is 0. The molecule has 4 nitrogen and oxygen atoms in total. The Morgan fingerprint density at radius 1 is 0.968 bits per heavy atom. The van der Waals surface area contributed by atoms with E-state index >= 15 is 0 Å². The second kappa shape index (κ2) is 10.5. The van der Waals surface area contributed by atoms with Crippen molar-refractivity contribution in [1.29, 1.82) is 0 Å². The minimum atomic E-state index is 0.0502. The Balaban J connectivity index is 1.64. The zero-order valence-electron chi connectivity index (χ0n) is 18.1. The molecular formula is C27H32N2O2. The first kappa shape index (κ1) is 21.4. The van der Waals surface area contributed by atoms with E-state index in [4.69, 9.17) is 10.5 Å². The van der Waals surface area contributed by atoms with Crippen LogP contribution in [0.4, 0.5) is 0 Å². The van der Waals surface area contributed by atoms with Crippen LogP contribution in [0.5, 0.6) is 5.75 Å². The number of ether oxygens (including phenoxy) is 1. The van der Waals surface area contributed by atoms with E-state index in [9.17, 15) is 4.79 Å². The van der Waals surface area contributed by atoms with E-state index in [-0.39, 0.29) is 5.91 Å². The van der Waals surface area contributed by atoms with Crippen molar-refractivity contribution in [3.8, 4) is 5.75 Å². The molecule has 1 saturated carbocycles. The van der Waals surface area contributed by atoms with Gasteiger partial charge in [0.2, 0.25) is 0 Å². The van der Waals surface area contributed by atoms with Gasteiger partial charge in [-0.05, 0) is 60.2 Å². The molecule has 1 fully saturated rings. The smallest absolute Gasteiger partial charge is 0.257 e. The van der Waals surface area contributed by atoms with Crippen LogP contribution in [0.15, 0.2) is 66.7 Å². The Morgan fingerprint density at radius 3 is 2.35 bits per heavy atom. The minimum absolute atomic E-state index is 0.0502. The van der Waals surface area contributed by atoms with Crippen molar-refractivity contribution in [3.63, 3.8) is 0 Å². The summed E-state index contributed by atoms with van der Waals surface area (Å²) < 4.78 is 6.20. The number of nitrogens with two attached hydrogens (primary N) is 1. The third-order valence-electron chi connectivity index (χ3n) is 6.19. The lowest BCUT2D eigenvalue weighted by Gasteiger charge is -2.27. The maximum atomic E-state index is 13.7. The number of hydrogen-bond acceptors (Lipinski definition) is 3. The van der Waals surface area contributed by atoms with Crippen LogP contribution in [-0.2, 0) is 6.61 Å². The van der Waals surface area contributed by atoms with Gasteiger partial charge in [0.05, 0.1) is 5.56 Å². The van der Waals surface area contributed by atoms with E-state index < -0.39 is 0 Å². The zero-order chi connectivity index (χ0) is 21.5. The summed E-state index contributed by atoms with van der Waals surface area (Å²) in [4.78, 5) is 15.7. The molecule has 162 valence electrons. The van der Waals surface area contributed by atoms with Crippen molar-refractivity contribution in [2.75, 3.05) is 19.6 Å². The Kier molecular flexibility index (Phi) is 7.21. The van der Waals surface area contributed by atoms with Crippen molar-refractivity contribution in [1.82, 2.24) is 4.90 Å². The van der Waals surface area contributed by atoms with E-state index in [0.29, 0.717) is 36.9 Å². The highest BCUT2D eigenvalue weighted by molar-refractivity contribution is 6.01. The first-order chi connectivity index (χ1) is 15.2. The van der Waals surface area contributed by atoms with Gasteiger partial charge < -0.3 is 15.4 Å².